The summed E-state index contributed by atoms with van der Waals surface area (Å²) in [6.07, 6.45) is 3.43. The van der Waals surface area contributed by atoms with E-state index in [-0.39, 0.29) is 23.2 Å². The van der Waals surface area contributed by atoms with Crippen LogP contribution in [0.2, 0.25) is 0 Å². The maximum atomic E-state index is 12.7. The molecule has 0 radical (unpaired) electrons. The fourth-order valence-corrected chi connectivity index (χ4v) is 4.07. The van der Waals surface area contributed by atoms with Gasteiger partial charge in [0.2, 0.25) is 0 Å². The summed E-state index contributed by atoms with van der Waals surface area (Å²) in [7, 11) is -1.99. The first kappa shape index (κ1) is 20.2. The summed E-state index contributed by atoms with van der Waals surface area (Å²) < 4.78 is 31.6. The van der Waals surface area contributed by atoms with E-state index in [9.17, 15) is 13.2 Å². The molecule has 3 rings (SSSR count). The van der Waals surface area contributed by atoms with Crippen LogP contribution in [-0.2, 0) is 14.6 Å². The molecule has 9 heteroatoms. The molecule has 7 nitrogen and oxygen atoms in total. The van der Waals surface area contributed by atoms with Gasteiger partial charge in [0.1, 0.15) is 0 Å². The molecule has 0 aliphatic rings. The third-order valence-corrected chi connectivity index (χ3v) is 6.18. The predicted molar refractivity (Wildman–Crippen MR) is 110 cm³/mol. The molecule has 0 spiro atoms. The Balaban J connectivity index is 1.82. The van der Waals surface area contributed by atoms with E-state index < -0.39 is 9.84 Å². The van der Waals surface area contributed by atoms with Crippen LogP contribution in [0, 0.1) is 0 Å². The predicted octanol–water partition coefficient (Wildman–Crippen LogP) is 3.31. The highest BCUT2D eigenvalue weighted by atomic mass is 79.9. The van der Waals surface area contributed by atoms with E-state index in [4.69, 9.17) is 4.74 Å². The summed E-state index contributed by atoms with van der Waals surface area (Å²) in [5, 5.41) is 7.04. The van der Waals surface area contributed by atoms with Gasteiger partial charge in [0, 0.05) is 29.5 Å². The standard InChI is InChI=1S/C19H18BrN3O4S/c1-27-11-12-28(25,26)16-6-3-14(4-7-16)19(24)22-17-13-15(20)5-8-18(17)23-10-2-9-21-23/h2-10,13H,11-12H2,1H3,(H,22,24). The average Bonchev–Trinajstić information content (AvgIpc) is 3.21. The Kier molecular flexibility index (Phi) is 6.28. The summed E-state index contributed by atoms with van der Waals surface area (Å²) >= 11 is 3.40. The van der Waals surface area contributed by atoms with E-state index in [1.807, 2.05) is 12.1 Å². The number of anilines is 1. The van der Waals surface area contributed by atoms with Crippen molar-refractivity contribution in [2.45, 2.75) is 4.90 Å². The molecule has 0 unspecified atom stereocenters. The number of carbonyl (C=O) groups excluding carboxylic acids is 1. The quantitative estimate of drug-likeness (QED) is 0.580. The fourth-order valence-electron chi connectivity index (χ4n) is 2.54. The van der Waals surface area contributed by atoms with Crippen molar-refractivity contribution in [1.29, 1.82) is 0 Å². The lowest BCUT2D eigenvalue weighted by atomic mass is 10.2. The number of aromatic nitrogens is 2. The number of hydrogen-bond donors (Lipinski definition) is 1. The summed E-state index contributed by atoms with van der Waals surface area (Å²) in [5.41, 5.74) is 1.62. The monoisotopic (exact) mass is 463 g/mol. The van der Waals surface area contributed by atoms with Crippen molar-refractivity contribution in [1.82, 2.24) is 9.78 Å². The van der Waals surface area contributed by atoms with Crippen LogP contribution >= 0.6 is 15.9 Å². The molecule has 0 aliphatic carbocycles. The SMILES string of the molecule is COCCS(=O)(=O)c1ccc(C(=O)Nc2cc(Br)ccc2-n2cccn2)cc1. The number of hydrogen-bond acceptors (Lipinski definition) is 5. The minimum atomic E-state index is -3.44. The average molecular weight is 464 g/mol. The number of sulfone groups is 1. The maximum absolute atomic E-state index is 12.7. The van der Waals surface area contributed by atoms with Gasteiger partial charge < -0.3 is 10.1 Å². The van der Waals surface area contributed by atoms with Gasteiger partial charge in [0.05, 0.1) is 28.6 Å². The van der Waals surface area contributed by atoms with Gasteiger partial charge in [-0.15, -0.1) is 0 Å². The van der Waals surface area contributed by atoms with Gasteiger partial charge in [-0.2, -0.15) is 5.10 Å². The molecular weight excluding hydrogens is 446 g/mol. The normalized spacial score (nSPS) is 11.4. The van der Waals surface area contributed by atoms with E-state index in [2.05, 4.69) is 26.3 Å². The molecule has 0 atom stereocenters. The van der Waals surface area contributed by atoms with Crippen LogP contribution in [0.4, 0.5) is 5.69 Å². The van der Waals surface area contributed by atoms with Crippen LogP contribution in [-0.4, -0.2) is 43.6 Å². The van der Waals surface area contributed by atoms with Crippen LogP contribution < -0.4 is 5.32 Å². The summed E-state index contributed by atoms with van der Waals surface area (Å²) in [4.78, 5) is 12.8. The summed E-state index contributed by atoms with van der Waals surface area (Å²) in [6.45, 7) is 0.115. The molecule has 28 heavy (non-hydrogen) atoms. The number of halogens is 1. The van der Waals surface area contributed by atoms with Crippen molar-refractivity contribution in [2.24, 2.45) is 0 Å². The Labute approximate surface area is 171 Å². The zero-order valence-corrected chi connectivity index (χ0v) is 17.4. The van der Waals surface area contributed by atoms with E-state index in [1.54, 1.807) is 29.2 Å². The van der Waals surface area contributed by atoms with Crippen molar-refractivity contribution in [2.75, 3.05) is 24.8 Å². The molecule has 3 aromatic rings. The highest BCUT2D eigenvalue weighted by molar-refractivity contribution is 9.10. The van der Waals surface area contributed by atoms with Crippen LogP contribution in [0.1, 0.15) is 10.4 Å². The van der Waals surface area contributed by atoms with Crippen LogP contribution in [0.25, 0.3) is 5.69 Å². The van der Waals surface area contributed by atoms with Gasteiger partial charge in [-0.05, 0) is 48.5 Å². The Bertz CT molecular complexity index is 1070. The molecule has 1 heterocycles. The van der Waals surface area contributed by atoms with Crippen LogP contribution in [0.3, 0.4) is 0 Å². The number of carbonyl (C=O) groups is 1. The third kappa shape index (κ3) is 4.67. The zero-order valence-electron chi connectivity index (χ0n) is 15.0. The minimum Gasteiger partial charge on any atom is -0.384 e. The number of ether oxygens (including phenoxy) is 1. The Morgan fingerprint density at radius 2 is 1.96 bits per heavy atom. The maximum Gasteiger partial charge on any atom is 0.255 e. The van der Waals surface area contributed by atoms with Crippen LogP contribution in [0.5, 0.6) is 0 Å². The molecule has 146 valence electrons. The van der Waals surface area contributed by atoms with Gasteiger partial charge in [-0.25, -0.2) is 13.1 Å². The Morgan fingerprint density at radius 3 is 2.61 bits per heavy atom. The largest absolute Gasteiger partial charge is 0.384 e. The van der Waals surface area contributed by atoms with Gasteiger partial charge in [0.15, 0.2) is 9.84 Å². The third-order valence-electron chi connectivity index (χ3n) is 3.99. The number of nitrogens with one attached hydrogen (secondary N) is 1. The number of nitrogens with zero attached hydrogens (tertiary/aromatic N) is 2. The lowest BCUT2D eigenvalue weighted by Gasteiger charge is -2.12. The van der Waals surface area contributed by atoms with E-state index in [1.165, 1.54) is 31.4 Å². The molecule has 1 amide bonds. The van der Waals surface area contributed by atoms with E-state index in [0.29, 0.717) is 16.9 Å². The zero-order chi connectivity index (χ0) is 20.1. The van der Waals surface area contributed by atoms with E-state index in [0.717, 1.165) is 4.47 Å². The molecule has 0 bridgehead atoms. The number of rotatable bonds is 7. The smallest absolute Gasteiger partial charge is 0.255 e. The number of methoxy groups -OCH3 is 1. The van der Waals surface area contributed by atoms with Crippen molar-refractivity contribution < 1.29 is 17.9 Å². The molecule has 1 N–H and O–H groups in total. The lowest BCUT2D eigenvalue weighted by Crippen LogP contribution is -2.15. The molecule has 0 saturated carbocycles. The molecular formula is C19H18BrN3O4S. The highest BCUT2D eigenvalue weighted by Crippen LogP contribution is 2.25. The molecule has 2 aromatic carbocycles. The second-order valence-corrected chi connectivity index (χ2v) is 8.93. The second-order valence-electron chi connectivity index (χ2n) is 5.90. The molecule has 1 aromatic heterocycles. The lowest BCUT2D eigenvalue weighted by molar-refractivity contribution is 0.102. The van der Waals surface area contributed by atoms with Crippen molar-refractivity contribution in [3.05, 3.63) is 71.0 Å². The van der Waals surface area contributed by atoms with E-state index >= 15 is 0 Å². The first-order valence-electron chi connectivity index (χ1n) is 8.33. The molecule has 0 fully saturated rings. The van der Waals surface area contributed by atoms with Crippen molar-refractivity contribution in [3.8, 4) is 5.69 Å². The molecule has 0 aliphatic heterocycles. The van der Waals surface area contributed by atoms with Gasteiger partial charge in [0.25, 0.3) is 5.91 Å². The van der Waals surface area contributed by atoms with Gasteiger partial charge in [-0.3, -0.25) is 4.79 Å². The topological polar surface area (TPSA) is 90.3 Å². The van der Waals surface area contributed by atoms with Gasteiger partial charge in [-0.1, -0.05) is 15.9 Å². The minimum absolute atomic E-state index is 0.111. The second kappa shape index (κ2) is 8.68. The Hall–Kier alpha value is -2.49. The van der Waals surface area contributed by atoms with Crippen molar-refractivity contribution in [3.63, 3.8) is 0 Å². The first-order valence-corrected chi connectivity index (χ1v) is 10.8. The number of amides is 1. The summed E-state index contributed by atoms with van der Waals surface area (Å²) in [6, 6.07) is 13.1. The molecule has 0 saturated heterocycles. The van der Waals surface area contributed by atoms with Crippen LogP contribution in [0.15, 0.2) is 70.3 Å². The highest BCUT2D eigenvalue weighted by Gasteiger charge is 2.16. The summed E-state index contributed by atoms with van der Waals surface area (Å²) in [5.74, 6) is -0.465. The number of benzene rings is 2. The first-order chi connectivity index (χ1) is 13.4. The van der Waals surface area contributed by atoms with Crippen molar-refractivity contribution >= 4 is 37.4 Å². The van der Waals surface area contributed by atoms with Gasteiger partial charge >= 0.3 is 0 Å². The Morgan fingerprint density at radius 1 is 1.21 bits per heavy atom. The fraction of sp³-hybridized carbons (Fsp3) is 0.158.